The van der Waals surface area contributed by atoms with Gasteiger partial charge in [0.15, 0.2) is 0 Å². The fourth-order valence-corrected chi connectivity index (χ4v) is 4.00. The van der Waals surface area contributed by atoms with Crippen molar-refractivity contribution in [2.75, 3.05) is 13.2 Å². The lowest BCUT2D eigenvalue weighted by atomic mass is 10.1. The maximum Gasteiger partial charge on any atom is 0.337 e. The number of aliphatic hydroxyl groups is 1. The van der Waals surface area contributed by atoms with Gasteiger partial charge in [-0.25, -0.2) is 17.9 Å². The highest BCUT2D eigenvalue weighted by Gasteiger charge is 2.22. The number of nitrogens with one attached hydrogen (secondary N) is 1. The molecule has 8 heteroatoms. The summed E-state index contributed by atoms with van der Waals surface area (Å²) >= 11 is 0. The Morgan fingerprint density at radius 1 is 1.00 bits per heavy atom. The van der Waals surface area contributed by atoms with Crippen molar-refractivity contribution < 1.29 is 28.2 Å². The van der Waals surface area contributed by atoms with Crippen LogP contribution in [0.1, 0.15) is 10.4 Å². The second kappa shape index (κ2) is 8.39. The van der Waals surface area contributed by atoms with Crippen LogP contribution in [0.2, 0.25) is 0 Å². The second-order valence-corrected chi connectivity index (χ2v) is 7.83. The first kappa shape index (κ1) is 19.8. The molecule has 3 aromatic rings. The molecule has 3 aromatic carbocycles. The Hall–Kier alpha value is -2.94. The van der Waals surface area contributed by atoms with E-state index >= 15 is 0 Å². The summed E-state index contributed by atoms with van der Waals surface area (Å²) in [5, 5.41) is 21.1. The second-order valence-electron chi connectivity index (χ2n) is 6.10. The van der Waals surface area contributed by atoms with E-state index in [0.29, 0.717) is 5.75 Å². The summed E-state index contributed by atoms with van der Waals surface area (Å²) in [4.78, 5) is 10.9. The summed E-state index contributed by atoms with van der Waals surface area (Å²) in [6, 6.07) is 18.4. The van der Waals surface area contributed by atoms with Crippen molar-refractivity contribution in [2.24, 2.45) is 0 Å². The molecule has 0 aliphatic carbocycles. The number of carboxylic acid groups (broad SMARTS) is 1. The number of carboxylic acids is 1. The highest BCUT2D eigenvalue weighted by Crippen LogP contribution is 2.25. The fraction of sp³-hybridized carbons (Fsp3) is 0.150. The summed E-state index contributed by atoms with van der Waals surface area (Å²) in [6.07, 6.45) is -1.12. The number of hydrogen-bond donors (Lipinski definition) is 3. The number of sulfonamides is 1. The van der Waals surface area contributed by atoms with Crippen molar-refractivity contribution in [3.8, 4) is 5.75 Å². The normalized spacial score (nSPS) is 12.6. The molecular weight excluding hydrogens is 382 g/mol. The maximum absolute atomic E-state index is 12.4. The van der Waals surface area contributed by atoms with E-state index in [-0.39, 0.29) is 23.6 Å². The average Bonchev–Trinajstić information content (AvgIpc) is 2.70. The topological polar surface area (TPSA) is 113 Å². The van der Waals surface area contributed by atoms with Crippen molar-refractivity contribution in [3.63, 3.8) is 0 Å². The molecule has 1 atom stereocenters. The minimum Gasteiger partial charge on any atom is -0.490 e. The molecule has 3 rings (SSSR count). The van der Waals surface area contributed by atoms with Crippen molar-refractivity contribution in [2.45, 2.75) is 11.0 Å². The van der Waals surface area contributed by atoms with Gasteiger partial charge in [-0.05, 0) is 23.6 Å². The highest BCUT2D eigenvalue weighted by atomic mass is 32.2. The minimum atomic E-state index is -4.10. The Labute approximate surface area is 162 Å². The molecule has 0 aliphatic rings. The molecule has 3 N–H and O–H groups in total. The number of ether oxygens (including phenoxy) is 1. The van der Waals surface area contributed by atoms with E-state index in [1.54, 1.807) is 6.07 Å². The quantitative estimate of drug-likeness (QED) is 0.534. The molecule has 0 saturated carbocycles. The molecule has 0 radical (unpaired) electrons. The van der Waals surface area contributed by atoms with Crippen molar-refractivity contribution in [1.29, 1.82) is 0 Å². The zero-order chi connectivity index (χ0) is 20.1. The molecule has 0 amide bonds. The van der Waals surface area contributed by atoms with Gasteiger partial charge in [-0.2, -0.15) is 0 Å². The summed E-state index contributed by atoms with van der Waals surface area (Å²) in [5.74, 6) is -0.767. The molecule has 0 spiro atoms. The third-order valence-electron chi connectivity index (χ3n) is 4.10. The van der Waals surface area contributed by atoms with Crippen molar-refractivity contribution in [1.82, 2.24) is 4.72 Å². The zero-order valence-corrected chi connectivity index (χ0v) is 15.6. The summed E-state index contributed by atoms with van der Waals surface area (Å²) in [6.45, 7) is -0.446. The fourth-order valence-electron chi connectivity index (χ4n) is 2.73. The number of aromatic carboxylic acids is 1. The van der Waals surface area contributed by atoms with Gasteiger partial charge in [0, 0.05) is 11.9 Å². The van der Waals surface area contributed by atoms with Crippen LogP contribution in [0.5, 0.6) is 5.75 Å². The van der Waals surface area contributed by atoms with Gasteiger partial charge in [0.05, 0.1) is 10.5 Å². The number of hydrogen-bond acceptors (Lipinski definition) is 5. The van der Waals surface area contributed by atoms with Gasteiger partial charge >= 0.3 is 5.97 Å². The van der Waals surface area contributed by atoms with Crippen LogP contribution in [0.25, 0.3) is 10.8 Å². The highest BCUT2D eigenvalue weighted by molar-refractivity contribution is 7.89. The van der Waals surface area contributed by atoms with Crippen LogP contribution in [0.3, 0.4) is 0 Å². The lowest BCUT2D eigenvalue weighted by Gasteiger charge is -2.15. The van der Waals surface area contributed by atoms with Crippen LogP contribution in [-0.4, -0.2) is 43.9 Å². The SMILES string of the molecule is O=C(O)c1ccccc1S(=O)(=O)NCC(O)COc1cccc2ccccc12. The standard InChI is InChI=1S/C20H19NO6S/c22-15(13-27-18-10-5-7-14-6-1-2-8-16(14)18)12-21-28(25,26)19-11-4-3-9-17(19)20(23)24/h1-11,15,21-22H,12-13H2,(H,23,24). The molecule has 28 heavy (non-hydrogen) atoms. The number of rotatable bonds is 8. The van der Waals surface area contributed by atoms with Crippen LogP contribution >= 0.6 is 0 Å². The molecule has 0 heterocycles. The molecule has 0 aromatic heterocycles. The van der Waals surface area contributed by atoms with E-state index in [9.17, 15) is 18.3 Å². The predicted octanol–water partition coefficient (Wildman–Crippen LogP) is 2.26. The first-order valence-electron chi connectivity index (χ1n) is 8.49. The van der Waals surface area contributed by atoms with E-state index in [1.807, 2.05) is 36.4 Å². The van der Waals surface area contributed by atoms with E-state index < -0.39 is 22.1 Å². The van der Waals surface area contributed by atoms with Crippen molar-refractivity contribution in [3.05, 3.63) is 72.3 Å². The van der Waals surface area contributed by atoms with Gasteiger partial charge in [0.25, 0.3) is 0 Å². The Morgan fingerprint density at radius 3 is 2.46 bits per heavy atom. The number of carbonyl (C=O) groups is 1. The Kier molecular flexibility index (Phi) is 5.93. The molecule has 146 valence electrons. The first-order chi connectivity index (χ1) is 13.4. The molecule has 7 nitrogen and oxygen atoms in total. The van der Waals surface area contributed by atoms with E-state index in [2.05, 4.69) is 4.72 Å². The average molecular weight is 401 g/mol. The first-order valence-corrected chi connectivity index (χ1v) is 9.97. The largest absolute Gasteiger partial charge is 0.490 e. The zero-order valence-electron chi connectivity index (χ0n) is 14.8. The molecule has 0 bridgehead atoms. The van der Waals surface area contributed by atoms with Crippen LogP contribution in [-0.2, 0) is 10.0 Å². The number of aliphatic hydroxyl groups excluding tert-OH is 1. The Balaban J connectivity index is 1.64. The van der Waals surface area contributed by atoms with E-state index in [4.69, 9.17) is 9.84 Å². The minimum absolute atomic E-state index is 0.128. The monoisotopic (exact) mass is 401 g/mol. The predicted molar refractivity (Wildman–Crippen MR) is 104 cm³/mol. The molecule has 0 aliphatic heterocycles. The van der Waals surface area contributed by atoms with E-state index in [1.165, 1.54) is 24.3 Å². The summed E-state index contributed by atoms with van der Waals surface area (Å²) in [5.41, 5.74) is -0.337. The summed E-state index contributed by atoms with van der Waals surface area (Å²) in [7, 11) is -4.10. The van der Waals surface area contributed by atoms with Gasteiger partial charge in [-0.3, -0.25) is 0 Å². The molecule has 0 fully saturated rings. The maximum atomic E-state index is 12.4. The summed E-state index contributed by atoms with van der Waals surface area (Å²) < 4.78 is 32.6. The number of fused-ring (bicyclic) bond motifs is 1. The van der Waals surface area contributed by atoms with Crippen LogP contribution in [0.15, 0.2) is 71.6 Å². The lowest BCUT2D eigenvalue weighted by molar-refractivity contribution is 0.0692. The van der Waals surface area contributed by atoms with Gasteiger partial charge < -0.3 is 14.9 Å². The molecule has 1 unspecified atom stereocenters. The lowest BCUT2D eigenvalue weighted by Crippen LogP contribution is -2.35. The van der Waals surface area contributed by atoms with Crippen LogP contribution in [0, 0.1) is 0 Å². The van der Waals surface area contributed by atoms with Crippen molar-refractivity contribution >= 4 is 26.8 Å². The molecule has 0 saturated heterocycles. The number of benzene rings is 3. The Morgan fingerprint density at radius 2 is 1.68 bits per heavy atom. The van der Waals surface area contributed by atoms with Gasteiger partial charge in [0.2, 0.25) is 10.0 Å². The van der Waals surface area contributed by atoms with Gasteiger partial charge in [-0.15, -0.1) is 0 Å². The third kappa shape index (κ3) is 4.48. The third-order valence-corrected chi connectivity index (χ3v) is 5.58. The van der Waals surface area contributed by atoms with Gasteiger partial charge in [0.1, 0.15) is 18.5 Å². The Bertz CT molecular complexity index is 1090. The van der Waals surface area contributed by atoms with Crippen LogP contribution < -0.4 is 9.46 Å². The molecular formula is C20H19NO6S. The van der Waals surface area contributed by atoms with Crippen LogP contribution in [0.4, 0.5) is 0 Å². The van der Waals surface area contributed by atoms with E-state index in [0.717, 1.165) is 10.8 Å². The smallest absolute Gasteiger partial charge is 0.337 e. The van der Waals surface area contributed by atoms with Gasteiger partial charge in [-0.1, -0.05) is 48.5 Å².